The molecule has 2 aromatic heterocycles. The molecule has 80 heavy (non-hydrogen) atoms. The second kappa shape index (κ2) is 26.3. The molecular weight excluding hydrogens is 1050 g/mol. The summed E-state index contributed by atoms with van der Waals surface area (Å²) in [5, 5.41) is 43.4. The van der Waals surface area contributed by atoms with Gasteiger partial charge in [-0.25, -0.2) is 14.8 Å². The monoisotopic (exact) mass is 1130 g/mol. The topological polar surface area (TPSA) is 274 Å². The van der Waals surface area contributed by atoms with Crippen molar-refractivity contribution in [3.8, 4) is 0 Å². The maximum atomic E-state index is 15.4. The number of amides is 4. The summed E-state index contributed by atoms with van der Waals surface area (Å²) in [6, 6.07) is 6.00. The Labute approximate surface area is 472 Å². The molecule has 0 radical (unpaired) electrons. The number of aliphatic hydroxyl groups is 4. The lowest BCUT2D eigenvalue weighted by molar-refractivity contribution is -0.205. The maximum Gasteiger partial charge on any atom is 0.407 e. The molecule has 0 spiro atoms. The first-order chi connectivity index (χ1) is 38.1. The van der Waals surface area contributed by atoms with E-state index in [1.54, 1.807) is 32.7 Å². The van der Waals surface area contributed by atoms with Crippen molar-refractivity contribution in [3.05, 3.63) is 69.1 Å². The van der Waals surface area contributed by atoms with E-state index in [-0.39, 0.29) is 63.0 Å². The van der Waals surface area contributed by atoms with Crippen LogP contribution >= 0.6 is 11.8 Å². The Morgan fingerprint density at radius 3 is 2.35 bits per heavy atom. The summed E-state index contributed by atoms with van der Waals surface area (Å²) >= 11 is 1.24. The average Bonchev–Trinajstić information content (AvgIpc) is 4.27. The van der Waals surface area contributed by atoms with Crippen molar-refractivity contribution in [3.63, 3.8) is 0 Å². The number of carbonyl (C=O) groups excluding carboxylic acids is 4. The lowest BCUT2D eigenvalue weighted by Crippen LogP contribution is -2.57. The number of alkyl carbamates (subject to hydrolysis) is 1. The first-order valence-corrected chi connectivity index (χ1v) is 29.1. The Kier molecular flexibility index (Phi) is 20.0. The van der Waals surface area contributed by atoms with E-state index in [1.807, 2.05) is 39.0 Å². The summed E-state index contributed by atoms with van der Waals surface area (Å²) in [6.07, 6.45) is -4.49. The molecule has 8 rings (SSSR count). The highest BCUT2D eigenvalue weighted by molar-refractivity contribution is 7.99. The molecule has 4 amide bonds. The Morgan fingerprint density at radius 2 is 1.64 bits per heavy atom. The van der Waals surface area contributed by atoms with Gasteiger partial charge in [0, 0.05) is 87.1 Å². The molecule has 0 aromatic carbocycles. The second-order valence-corrected chi connectivity index (χ2v) is 23.6. The third-order valence-electron chi connectivity index (χ3n) is 15.9. The summed E-state index contributed by atoms with van der Waals surface area (Å²) in [7, 11) is 1.74. The normalized spacial score (nSPS) is 23.4. The van der Waals surface area contributed by atoms with E-state index in [1.165, 1.54) is 16.7 Å². The third kappa shape index (κ3) is 13.5. The number of aliphatic hydroxyl groups excluding tert-OH is 4. The summed E-state index contributed by atoms with van der Waals surface area (Å²) in [6.45, 7) is 21.7. The van der Waals surface area contributed by atoms with E-state index >= 15 is 4.79 Å². The highest BCUT2D eigenvalue weighted by atomic mass is 32.2. The van der Waals surface area contributed by atoms with Gasteiger partial charge in [-0.1, -0.05) is 13.8 Å². The van der Waals surface area contributed by atoms with Gasteiger partial charge in [0.25, 0.3) is 11.8 Å². The van der Waals surface area contributed by atoms with Crippen LogP contribution in [0.3, 0.4) is 0 Å². The number of nitrogens with one attached hydrogen (secondary N) is 3. The Morgan fingerprint density at radius 1 is 0.925 bits per heavy atom. The minimum absolute atomic E-state index is 0.112. The van der Waals surface area contributed by atoms with Crippen molar-refractivity contribution < 1.29 is 63.3 Å². The number of rotatable bonds is 21. The number of carbonyl (C=O) groups is 4. The molecule has 6 aliphatic heterocycles. The summed E-state index contributed by atoms with van der Waals surface area (Å²) in [4.78, 5) is 79.5. The van der Waals surface area contributed by atoms with Crippen molar-refractivity contribution >= 4 is 68.9 Å². The van der Waals surface area contributed by atoms with Crippen molar-refractivity contribution in [2.45, 2.75) is 141 Å². The zero-order valence-corrected chi connectivity index (χ0v) is 48.8. The molecule has 2 saturated heterocycles. The van der Waals surface area contributed by atoms with Crippen molar-refractivity contribution in [1.29, 1.82) is 0 Å². The van der Waals surface area contributed by atoms with Crippen LogP contribution in [0.2, 0.25) is 0 Å². The Hall–Kier alpha value is -5.27. The van der Waals surface area contributed by atoms with E-state index in [0.29, 0.717) is 109 Å². The van der Waals surface area contributed by atoms with Crippen molar-refractivity contribution in [2.75, 3.05) is 91.7 Å². The molecule has 22 heteroatoms. The van der Waals surface area contributed by atoms with E-state index in [4.69, 9.17) is 33.7 Å². The van der Waals surface area contributed by atoms with Crippen LogP contribution < -0.4 is 5.32 Å². The van der Waals surface area contributed by atoms with Gasteiger partial charge in [0.1, 0.15) is 35.5 Å². The van der Waals surface area contributed by atoms with Crippen LogP contribution in [0.5, 0.6) is 0 Å². The van der Waals surface area contributed by atoms with Crippen LogP contribution in [0.1, 0.15) is 153 Å². The van der Waals surface area contributed by atoms with Crippen LogP contribution in [-0.2, 0) is 28.5 Å². The van der Waals surface area contributed by atoms with Gasteiger partial charge in [-0.2, -0.15) is 0 Å². The lowest BCUT2D eigenvalue weighted by atomic mass is 9.84. The van der Waals surface area contributed by atoms with E-state index < -0.39 is 60.2 Å². The van der Waals surface area contributed by atoms with Crippen molar-refractivity contribution in [2.24, 2.45) is 0 Å². The summed E-state index contributed by atoms with van der Waals surface area (Å²) < 4.78 is 28.9. The number of ether oxygens (including phenoxy) is 5. The van der Waals surface area contributed by atoms with Gasteiger partial charge >= 0.3 is 6.09 Å². The van der Waals surface area contributed by atoms with Gasteiger partial charge in [-0.3, -0.25) is 24.2 Å². The number of allylic oxidation sites excluding steroid dienone is 3. The average molecular weight is 1130 g/mol. The molecule has 2 aromatic rings. The minimum Gasteiger partial charge on any atom is -0.444 e. The molecule has 8 atom stereocenters. The quantitative estimate of drug-likeness (QED) is 0.0597. The zero-order chi connectivity index (χ0) is 57.7. The highest BCUT2D eigenvalue weighted by Crippen LogP contribution is 2.45. The number of imide groups is 1. The minimum atomic E-state index is -1.47. The first kappa shape index (κ1) is 60.8. The fraction of sp³-hybridized carbons (Fsp3) is 0.621. The van der Waals surface area contributed by atoms with Gasteiger partial charge in [-0.15, -0.1) is 11.8 Å². The predicted octanol–water partition coefficient (Wildman–Crippen LogP) is 5.54. The van der Waals surface area contributed by atoms with E-state index in [0.717, 1.165) is 39.4 Å². The number of aryl methyl sites for hydroxylation is 1. The molecule has 1 unspecified atom stereocenters. The highest BCUT2D eigenvalue weighted by Gasteiger charge is 2.44. The van der Waals surface area contributed by atoms with E-state index in [9.17, 15) is 34.8 Å². The number of aromatic nitrogens is 4. The van der Waals surface area contributed by atoms with Gasteiger partial charge in [0.15, 0.2) is 0 Å². The van der Waals surface area contributed by atoms with Gasteiger partial charge in [-0.05, 0) is 114 Å². The molecule has 8 heterocycles. The summed E-state index contributed by atoms with van der Waals surface area (Å²) in [5.41, 5.74) is 9.13. The SMILES string of the molecule is CCC1=C(C)c2cc3nc(cc4[nH]c(c5c6[nH]c(cc1n2)c(C)c6C(=O)N(CCN1CCOCC1)C5=O)[C@@H](CCC(=O)N(C)CCCS[C@@H]1O[C@H](CO)[C@@H](O)[C@H](O)[C@H]1O)[C@@H]4C)C(C)=C3C(C)OCCOCCNC(=O)OC(C)(C)C. The number of aromatic amines is 2. The standard InChI is InChI=1S/C58H82N8O13S/c1-11-36-31(2)38-29-43-46(35(6)77-25-24-75-21-15-59-57(74)79-58(7,8)9)33(4)40(61-43)27-39-32(3)37(13-14-45(68)64(10)16-12-26-80-56-53(71)52(70)51(69)44(30-67)78-56)49(62-39)48-50-47(34(5)41(63-50)28-42(36)60-38)54(72)66(55(48)73)18-17-65-19-22-76-23-20-65/h27-29,32,35,37,44,51-53,56,62-63,67,69-71H,11-26,30H2,1-10H3,(H,59,74)/t32-,35?,37-,44+,51+,52-,53+,56-/m0/s1. The van der Waals surface area contributed by atoms with E-state index in [2.05, 4.69) is 41.0 Å². The molecule has 438 valence electrons. The summed E-state index contributed by atoms with van der Waals surface area (Å²) in [5.74, 6) is -1.10. The van der Waals surface area contributed by atoms with Crippen LogP contribution in [0.4, 0.5) is 4.79 Å². The van der Waals surface area contributed by atoms with Crippen LogP contribution in [-0.4, -0.2) is 212 Å². The fourth-order valence-electron chi connectivity index (χ4n) is 11.3. The lowest BCUT2D eigenvalue weighted by Gasteiger charge is -2.39. The third-order valence-corrected chi connectivity index (χ3v) is 17.1. The number of hydrogen-bond donors (Lipinski definition) is 7. The molecule has 21 nitrogen and oxygen atoms in total. The molecule has 6 aliphatic rings. The number of H-pyrrole nitrogens is 2. The van der Waals surface area contributed by atoms with Crippen LogP contribution in [0.15, 0.2) is 18.2 Å². The number of fused-ring (bicyclic) bond motifs is 8. The maximum absolute atomic E-state index is 15.4. The van der Waals surface area contributed by atoms with Gasteiger partial charge in [0.05, 0.1) is 85.2 Å². The number of nitrogens with zero attached hydrogens (tertiary/aromatic N) is 5. The Balaban J connectivity index is 1.14. The smallest absolute Gasteiger partial charge is 0.407 e. The van der Waals surface area contributed by atoms with Crippen LogP contribution in [0, 0.1) is 6.92 Å². The second-order valence-electron chi connectivity index (χ2n) is 22.4. The van der Waals surface area contributed by atoms with Crippen LogP contribution in [0.25, 0.3) is 33.3 Å². The largest absolute Gasteiger partial charge is 0.444 e. The zero-order valence-electron chi connectivity index (χ0n) is 48.0. The van der Waals surface area contributed by atoms with Crippen molar-refractivity contribution in [1.82, 2.24) is 40.0 Å². The molecule has 0 saturated carbocycles. The molecule has 7 N–H and O–H groups in total. The molecule has 2 fully saturated rings. The van der Waals surface area contributed by atoms with Gasteiger partial charge in [0.2, 0.25) is 5.91 Å². The number of morpholine rings is 1. The number of hydrogen-bond acceptors (Lipinski definition) is 17. The molecule has 0 aliphatic carbocycles. The first-order valence-electron chi connectivity index (χ1n) is 28.1. The number of thioether (sulfide) groups is 1. The molecule has 8 bridgehead atoms. The molecular formula is C58H82N8O13S. The fourth-order valence-corrected chi connectivity index (χ4v) is 12.4. The predicted molar refractivity (Wildman–Crippen MR) is 304 cm³/mol. The van der Waals surface area contributed by atoms with Gasteiger partial charge < -0.3 is 64.3 Å². The Bertz CT molecular complexity index is 2900.